The number of benzene rings is 1. The summed E-state index contributed by atoms with van der Waals surface area (Å²) < 4.78 is 5.69. The monoisotopic (exact) mass is 371 g/mol. The number of hydrogen-bond acceptors (Lipinski definition) is 4. The van der Waals surface area contributed by atoms with Crippen LogP contribution in [0.15, 0.2) is 24.3 Å². The molecule has 0 spiro atoms. The number of carbonyl (C=O) groups is 2. The van der Waals surface area contributed by atoms with Gasteiger partial charge in [-0.25, -0.2) is 0 Å². The molecule has 1 aromatic rings. The Balaban J connectivity index is 1.39. The van der Waals surface area contributed by atoms with Gasteiger partial charge in [0.2, 0.25) is 5.91 Å². The second-order valence-electron chi connectivity index (χ2n) is 8.47. The first-order valence-corrected chi connectivity index (χ1v) is 10.0. The first kappa shape index (κ1) is 18.4. The van der Waals surface area contributed by atoms with Crippen LogP contribution >= 0.6 is 0 Å². The van der Waals surface area contributed by atoms with E-state index < -0.39 is 0 Å². The molecule has 2 aliphatic carbocycles. The van der Waals surface area contributed by atoms with Crippen molar-refractivity contribution in [2.75, 3.05) is 18.4 Å². The molecule has 1 aliphatic heterocycles. The molecule has 0 aromatic heterocycles. The summed E-state index contributed by atoms with van der Waals surface area (Å²) in [6, 6.07) is 7.15. The fraction of sp³-hybridized carbons (Fsp3) is 0.619. The summed E-state index contributed by atoms with van der Waals surface area (Å²) >= 11 is 0. The number of anilines is 1. The van der Waals surface area contributed by atoms with Crippen LogP contribution in [0.2, 0.25) is 0 Å². The summed E-state index contributed by atoms with van der Waals surface area (Å²) in [4.78, 5) is 27.2. The molecule has 2 amide bonds. The van der Waals surface area contributed by atoms with E-state index in [0.29, 0.717) is 30.5 Å². The first-order valence-electron chi connectivity index (χ1n) is 10.0. The third-order valence-corrected chi connectivity index (χ3v) is 6.39. The maximum atomic E-state index is 12.7. The quantitative estimate of drug-likeness (QED) is 0.853. The average Bonchev–Trinajstić information content (AvgIpc) is 3.22. The van der Waals surface area contributed by atoms with Gasteiger partial charge in [-0.2, -0.15) is 0 Å². The molecule has 27 heavy (non-hydrogen) atoms. The minimum atomic E-state index is -0.0821. The highest BCUT2D eigenvalue weighted by Gasteiger charge is 2.49. The molecule has 2 saturated carbocycles. The Morgan fingerprint density at radius 1 is 1.07 bits per heavy atom. The number of ether oxygens (including phenoxy) is 1. The van der Waals surface area contributed by atoms with Crippen LogP contribution in [0.4, 0.5) is 5.69 Å². The highest BCUT2D eigenvalue weighted by molar-refractivity contribution is 5.96. The predicted molar refractivity (Wildman–Crippen MR) is 103 cm³/mol. The van der Waals surface area contributed by atoms with Crippen LogP contribution in [0.3, 0.4) is 0 Å². The van der Waals surface area contributed by atoms with E-state index in [4.69, 9.17) is 10.5 Å². The van der Waals surface area contributed by atoms with Gasteiger partial charge in [0.25, 0.3) is 5.91 Å². The van der Waals surface area contributed by atoms with E-state index in [2.05, 4.69) is 5.32 Å². The second-order valence-corrected chi connectivity index (χ2v) is 8.47. The van der Waals surface area contributed by atoms with Gasteiger partial charge >= 0.3 is 0 Å². The Bertz CT molecular complexity index is 708. The van der Waals surface area contributed by atoms with Gasteiger partial charge in [-0.15, -0.1) is 0 Å². The SMILES string of the molecule is CC1CN(C(=O)c2ccc(NC(=O)C3C4CCC(C4)C3N)cc2)CC(C)O1. The topological polar surface area (TPSA) is 84.7 Å². The molecule has 6 nitrogen and oxygen atoms in total. The van der Waals surface area contributed by atoms with Crippen molar-refractivity contribution in [3.05, 3.63) is 29.8 Å². The standard InChI is InChI=1S/C21H29N3O3/c1-12-10-24(11-13(2)27-12)21(26)14-5-7-17(8-6-14)23-20(25)18-15-3-4-16(9-15)19(18)22/h5-8,12-13,15-16,18-19H,3-4,9-11,22H2,1-2H3,(H,23,25). The van der Waals surface area contributed by atoms with Gasteiger partial charge in [-0.05, 0) is 69.2 Å². The van der Waals surface area contributed by atoms with Crippen LogP contribution in [0.1, 0.15) is 43.5 Å². The minimum Gasteiger partial charge on any atom is -0.372 e. The molecule has 2 bridgehead atoms. The Morgan fingerprint density at radius 3 is 2.30 bits per heavy atom. The average molecular weight is 371 g/mol. The molecular weight excluding hydrogens is 342 g/mol. The molecule has 3 aliphatic rings. The van der Waals surface area contributed by atoms with Crippen molar-refractivity contribution in [3.63, 3.8) is 0 Å². The van der Waals surface area contributed by atoms with E-state index in [9.17, 15) is 9.59 Å². The van der Waals surface area contributed by atoms with Gasteiger partial charge in [0.1, 0.15) is 0 Å². The minimum absolute atomic E-state index is 0.00463. The van der Waals surface area contributed by atoms with E-state index in [0.717, 1.165) is 24.9 Å². The van der Waals surface area contributed by atoms with Gasteiger partial charge in [-0.3, -0.25) is 9.59 Å². The zero-order valence-electron chi connectivity index (χ0n) is 16.1. The highest BCUT2D eigenvalue weighted by atomic mass is 16.5. The summed E-state index contributed by atoms with van der Waals surface area (Å²) in [7, 11) is 0. The Morgan fingerprint density at radius 2 is 1.70 bits per heavy atom. The third kappa shape index (κ3) is 3.60. The van der Waals surface area contributed by atoms with Crippen molar-refractivity contribution in [3.8, 4) is 0 Å². The van der Waals surface area contributed by atoms with Crippen LogP contribution in [0, 0.1) is 17.8 Å². The van der Waals surface area contributed by atoms with Gasteiger partial charge in [0.15, 0.2) is 0 Å². The molecule has 6 heteroatoms. The fourth-order valence-corrected chi connectivity index (χ4v) is 5.17. The van der Waals surface area contributed by atoms with E-state index in [1.54, 1.807) is 24.3 Å². The summed E-state index contributed by atoms with van der Waals surface area (Å²) in [6.45, 7) is 5.16. The summed E-state index contributed by atoms with van der Waals surface area (Å²) in [5, 5.41) is 3.00. The van der Waals surface area contributed by atoms with Crippen molar-refractivity contribution in [1.82, 2.24) is 4.90 Å². The van der Waals surface area contributed by atoms with Crippen molar-refractivity contribution in [1.29, 1.82) is 0 Å². The van der Waals surface area contributed by atoms with Crippen LogP contribution in [-0.2, 0) is 9.53 Å². The Hall–Kier alpha value is -1.92. The lowest BCUT2D eigenvalue weighted by Crippen LogP contribution is -2.48. The van der Waals surface area contributed by atoms with Gasteiger partial charge in [0, 0.05) is 30.4 Å². The van der Waals surface area contributed by atoms with E-state index in [1.807, 2.05) is 18.7 Å². The number of morpholine rings is 1. The van der Waals surface area contributed by atoms with Crippen LogP contribution < -0.4 is 11.1 Å². The van der Waals surface area contributed by atoms with E-state index in [1.165, 1.54) is 0 Å². The van der Waals surface area contributed by atoms with Gasteiger partial charge < -0.3 is 20.7 Å². The predicted octanol–water partition coefficient (Wildman–Crippen LogP) is 2.25. The molecule has 3 fully saturated rings. The summed E-state index contributed by atoms with van der Waals surface area (Å²) in [5.74, 6) is 0.871. The number of rotatable bonds is 3. The highest BCUT2D eigenvalue weighted by Crippen LogP contribution is 2.47. The zero-order valence-corrected chi connectivity index (χ0v) is 16.1. The lowest BCUT2D eigenvalue weighted by molar-refractivity contribution is -0.121. The maximum Gasteiger partial charge on any atom is 0.254 e. The molecular formula is C21H29N3O3. The van der Waals surface area contributed by atoms with Crippen molar-refractivity contribution in [2.45, 2.75) is 51.4 Å². The summed E-state index contributed by atoms with van der Waals surface area (Å²) in [5.41, 5.74) is 7.61. The van der Waals surface area contributed by atoms with Gasteiger partial charge in [-0.1, -0.05) is 0 Å². The molecule has 4 rings (SSSR count). The van der Waals surface area contributed by atoms with Crippen molar-refractivity contribution < 1.29 is 14.3 Å². The fourth-order valence-electron chi connectivity index (χ4n) is 5.17. The normalized spacial score (nSPS) is 35.3. The maximum absolute atomic E-state index is 12.7. The Labute approximate surface area is 160 Å². The van der Waals surface area contributed by atoms with Crippen molar-refractivity contribution in [2.24, 2.45) is 23.5 Å². The van der Waals surface area contributed by atoms with Crippen LogP contribution in [-0.4, -0.2) is 48.1 Å². The lowest BCUT2D eigenvalue weighted by Gasteiger charge is -2.35. The molecule has 1 heterocycles. The third-order valence-electron chi connectivity index (χ3n) is 6.39. The zero-order chi connectivity index (χ0) is 19.1. The molecule has 0 radical (unpaired) electrons. The number of nitrogens with zero attached hydrogens (tertiary/aromatic N) is 1. The number of carbonyl (C=O) groups excluding carboxylic acids is 2. The molecule has 6 unspecified atom stereocenters. The molecule has 1 saturated heterocycles. The van der Waals surface area contributed by atoms with Crippen molar-refractivity contribution >= 4 is 17.5 Å². The number of nitrogens with one attached hydrogen (secondary N) is 1. The second kappa shape index (κ2) is 7.24. The van der Waals surface area contributed by atoms with Crippen LogP contribution in [0.25, 0.3) is 0 Å². The molecule has 1 aromatic carbocycles. The smallest absolute Gasteiger partial charge is 0.254 e. The van der Waals surface area contributed by atoms with Gasteiger partial charge in [0.05, 0.1) is 18.1 Å². The molecule has 146 valence electrons. The summed E-state index contributed by atoms with van der Waals surface area (Å²) in [6.07, 6.45) is 3.44. The number of hydrogen-bond donors (Lipinski definition) is 2. The first-order chi connectivity index (χ1) is 12.9. The number of fused-ring (bicyclic) bond motifs is 2. The molecule has 6 atom stereocenters. The number of nitrogens with two attached hydrogens (primary N) is 1. The number of amides is 2. The van der Waals surface area contributed by atoms with E-state index >= 15 is 0 Å². The lowest BCUT2D eigenvalue weighted by atomic mass is 9.84. The van der Waals surface area contributed by atoms with Crippen LogP contribution in [0.5, 0.6) is 0 Å². The molecule has 3 N–H and O–H groups in total. The van der Waals surface area contributed by atoms with E-state index in [-0.39, 0.29) is 36.0 Å². The Kier molecular flexibility index (Phi) is 4.95. The largest absolute Gasteiger partial charge is 0.372 e.